The van der Waals surface area contributed by atoms with Crippen molar-refractivity contribution in [2.75, 3.05) is 19.4 Å². The second-order valence-electron chi connectivity index (χ2n) is 4.53. The minimum absolute atomic E-state index is 0.0258. The van der Waals surface area contributed by atoms with E-state index in [9.17, 15) is 9.90 Å². The van der Waals surface area contributed by atoms with Crippen molar-refractivity contribution in [3.8, 4) is 0 Å². The molecule has 17 heavy (non-hydrogen) atoms. The van der Waals surface area contributed by atoms with Crippen molar-refractivity contribution < 1.29 is 9.90 Å². The fourth-order valence-electron chi connectivity index (χ4n) is 1.20. The van der Waals surface area contributed by atoms with Crippen molar-refractivity contribution in [3.05, 3.63) is 30.3 Å². The number of thioether (sulfide) groups is 1. The molecule has 1 N–H and O–H groups in total. The molecule has 1 aromatic rings. The van der Waals surface area contributed by atoms with Gasteiger partial charge in [0.25, 0.3) is 0 Å². The second kappa shape index (κ2) is 6.07. The first-order valence-corrected chi connectivity index (χ1v) is 6.51. The molecule has 0 aromatic heterocycles. The molecule has 0 aliphatic heterocycles. The predicted octanol–water partition coefficient (Wildman–Crippen LogP) is 2.01. The molecule has 0 aliphatic rings. The molecule has 94 valence electrons. The van der Waals surface area contributed by atoms with Crippen molar-refractivity contribution in [2.45, 2.75) is 24.3 Å². The molecular weight excluding hydrogens is 234 g/mol. The van der Waals surface area contributed by atoms with Gasteiger partial charge < -0.3 is 10.0 Å². The minimum Gasteiger partial charge on any atom is -0.394 e. The van der Waals surface area contributed by atoms with E-state index in [2.05, 4.69) is 0 Å². The molecule has 0 heterocycles. The van der Waals surface area contributed by atoms with Crippen molar-refractivity contribution in [2.24, 2.45) is 0 Å². The first kappa shape index (κ1) is 14.1. The van der Waals surface area contributed by atoms with Crippen molar-refractivity contribution in [1.29, 1.82) is 0 Å². The number of aliphatic hydroxyl groups excluding tert-OH is 1. The molecule has 0 spiro atoms. The molecule has 3 nitrogen and oxygen atoms in total. The van der Waals surface area contributed by atoms with Crippen LogP contribution in [0.2, 0.25) is 0 Å². The standard InChI is InChI=1S/C13H19NO2S/c1-13(2,10-15)14(3)12(16)9-17-11-7-5-4-6-8-11/h4-8,15H,9-10H2,1-3H3. The van der Waals surface area contributed by atoms with E-state index in [4.69, 9.17) is 0 Å². The predicted molar refractivity (Wildman–Crippen MR) is 71.1 cm³/mol. The van der Waals surface area contributed by atoms with Crippen LogP contribution in [-0.2, 0) is 4.79 Å². The number of amides is 1. The summed E-state index contributed by atoms with van der Waals surface area (Å²) >= 11 is 1.51. The van der Waals surface area contributed by atoms with E-state index >= 15 is 0 Å². The number of carbonyl (C=O) groups is 1. The average molecular weight is 253 g/mol. The Balaban J connectivity index is 2.51. The van der Waals surface area contributed by atoms with Crippen LogP contribution in [0.5, 0.6) is 0 Å². The monoisotopic (exact) mass is 253 g/mol. The topological polar surface area (TPSA) is 40.5 Å². The number of likely N-dealkylation sites (N-methyl/N-ethyl adjacent to an activating group) is 1. The average Bonchev–Trinajstić information content (AvgIpc) is 2.36. The summed E-state index contributed by atoms with van der Waals surface area (Å²) in [5.41, 5.74) is -0.506. The summed E-state index contributed by atoms with van der Waals surface area (Å²) in [7, 11) is 1.73. The maximum absolute atomic E-state index is 11.9. The van der Waals surface area contributed by atoms with E-state index in [0.717, 1.165) is 4.90 Å². The maximum atomic E-state index is 11.9. The zero-order valence-electron chi connectivity index (χ0n) is 10.5. The van der Waals surface area contributed by atoms with Crippen LogP contribution in [0.3, 0.4) is 0 Å². The Kier molecular flexibility index (Phi) is 5.02. The molecule has 0 saturated heterocycles. The first-order chi connectivity index (χ1) is 7.97. The van der Waals surface area contributed by atoms with Gasteiger partial charge >= 0.3 is 0 Å². The number of nitrogens with zero attached hydrogens (tertiary/aromatic N) is 1. The number of rotatable bonds is 5. The largest absolute Gasteiger partial charge is 0.394 e. The van der Waals surface area contributed by atoms with E-state index < -0.39 is 5.54 Å². The van der Waals surface area contributed by atoms with Crippen LogP contribution in [0.4, 0.5) is 0 Å². The summed E-state index contributed by atoms with van der Waals surface area (Å²) in [6, 6.07) is 9.82. The Bertz CT molecular complexity index is 365. The lowest BCUT2D eigenvalue weighted by Gasteiger charge is -2.33. The Hall–Kier alpha value is -1.00. The van der Waals surface area contributed by atoms with Gasteiger partial charge in [0.1, 0.15) is 0 Å². The van der Waals surface area contributed by atoms with Crippen LogP contribution in [0, 0.1) is 0 Å². The zero-order valence-corrected chi connectivity index (χ0v) is 11.3. The molecule has 0 bridgehead atoms. The zero-order chi connectivity index (χ0) is 12.9. The van der Waals surface area contributed by atoms with E-state index in [-0.39, 0.29) is 12.5 Å². The fourth-order valence-corrected chi connectivity index (χ4v) is 2.04. The van der Waals surface area contributed by atoms with Crippen LogP contribution >= 0.6 is 11.8 Å². The normalized spacial score (nSPS) is 11.3. The third-order valence-corrected chi connectivity index (χ3v) is 3.77. The van der Waals surface area contributed by atoms with Crippen LogP contribution in [0.25, 0.3) is 0 Å². The Labute approximate surface area is 107 Å². The van der Waals surface area contributed by atoms with E-state index in [1.807, 2.05) is 44.2 Å². The Morgan fingerprint density at radius 2 is 1.94 bits per heavy atom. The van der Waals surface area contributed by atoms with Gasteiger partial charge in [0.15, 0.2) is 0 Å². The fraction of sp³-hybridized carbons (Fsp3) is 0.462. The molecule has 0 fully saturated rings. The summed E-state index contributed by atoms with van der Waals surface area (Å²) in [6.45, 7) is 3.65. The van der Waals surface area contributed by atoms with Crippen LogP contribution in [0.1, 0.15) is 13.8 Å². The van der Waals surface area contributed by atoms with E-state index in [1.165, 1.54) is 11.8 Å². The molecule has 1 aromatic carbocycles. The summed E-state index contributed by atoms with van der Waals surface area (Å²) < 4.78 is 0. The minimum atomic E-state index is -0.506. The summed E-state index contributed by atoms with van der Waals surface area (Å²) in [5, 5.41) is 9.20. The van der Waals surface area contributed by atoms with Gasteiger partial charge in [-0.25, -0.2) is 0 Å². The molecule has 0 aliphatic carbocycles. The van der Waals surface area contributed by atoms with Gasteiger partial charge in [0.2, 0.25) is 5.91 Å². The highest BCUT2D eigenvalue weighted by molar-refractivity contribution is 8.00. The molecule has 0 atom stereocenters. The van der Waals surface area contributed by atoms with Crippen molar-refractivity contribution in [3.63, 3.8) is 0 Å². The highest BCUT2D eigenvalue weighted by Crippen LogP contribution is 2.19. The van der Waals surface area contributed by atoms with Gasteiger partial charge in [0, 0.05) is 11.9 Å². The second-order valence-corrected chi connectivity index (χ2v) is 5.57. The number of aliphatic hydroxyl groups is 1. The van der Waals surface area contributed by atoms with E-state index in [0.29, 0.717) is 5.75 Å². The quantitative estimate of drug-likeness (QED) is 0.816. The molecular formula is C13H19NO2S. The first-order valence-electron chi connectivity index (χ1n) is 5.53. The Morgan fingerprint density at radius 1 is 1.35 bits per heavy atom. The van der Waals surface area contributed by atoms with Gasteiger partial charge in [-0.1, -0.05) is 18.2 Å². The van der Waals surface area contributed by atoms with Gasteiger partial charge in [-0.3, -0.25) is 4.79 Å². The molecule has 0 radical (unpaired) electrons. The van der Waals surface area contributed by atoms with Crippen molar-refractivity contribution in [1.82, 2.24) is 4.90 Å². The summed E-state index contributed by atoms with van der Waals surface area (Å²) in [5.74, 6) is 0.419. The van der Waals surface area contributed by atoms with Gasteiger partial charge in [-0.15, -0.1) is 11.8 Å². The highest BCUT2D eigenvalue weighted by atomic mass is 32.2. The molecule has 1 rings (SSSR count). The van der Waals surface area contributed by atoms with Crippen molar-refractivity contribution >= 4 is 17.7 Å². The lowest BCUT2D eigenvalue weighted by molar-refractivity contribution is -0.133. The Morgan fingerprint density at radius 3 is 2.47 bits per heavy atom. The highest BCUT2D eigenvalue weighted by Gasteiger charge is 2.26. The number of carbonyl (C=O) groups excluding carboxylic acids is 1. The number of hydrogen-bond acceptors (Lipinski definition) is 3. The van der Waals surface area contributed by atoms with Crippen LogP contribution in [-0.4, -0.2) is 40.9 Å². The lowest BCUT2D eigenvalue weighted by Crippen LogP contribution is -2.48. The van der Waals surface area contributed by atoms with Gasteiger partial charge in [0.05, 0.1) is 17.9 Å². The summed E-state index contributed by atoms with van der Waals surface area (Å²) in [6.07, 6.45) is 0. The molecule has 0 saturated carbocycles. The molecule has 4 heteroatoms. The van der Waals surface area contributed by atoms with Crippen LogP contribution < -0.4 is 0 Å². The van der Waals surface area contributed by atoms with Gasteiger partial charge in [-0.2, -0.15) is 0 Å². The van der Waals surface area contributed by atoms with Crippen LogP contribution in [0.15, 0.2) is 35.2 Å². The third kappa shape index (κ3) is 4.06. The number of benzene rings is 1. The maximum Gasteiger partial charge on any atom is 0.233 e. The smallest absolute Gasteiger partial charge is 0.233 e. The number of hydrogen-bond donors (Lipinski definition) is 1. The lowest BCUT2D eigenvalue weighted by atomic mass is 10.1. The molecule has 0 unspecified atom stereocenters. The van der Waals surface area contributed by atoms with E-state index in [1.54, 1.807) is 11.9 Å². The third-order valence-electron chi connectivity index (χ3n) is 2.77. The summed E-state index contributed by atoms with van der Waals surface area (Å²) in [4.78, 5) is 14.6. The van der Waals surface area contributed by atoms with Gasteiger partial charge in [-0.05, 0) is 26.0 Å². The SMILES string of the molecule is CN(C(=O)CSc1ccccc1)C(C)(C)CO. The molecule has 1 amide bonds.